The average Bonchev–Trinajstić information content (AvgIpc) is 2.73. The van der Waals surface area contributed by atoms with Gasteiger partial charge < -0.3 is 4.55 Å². The lowest BCUT2D eigenvalue weighted by atomic mass is 10.0. The van der Waals surface area contributed by atoms with Crippen LogP contribution in [0.2, 0.25) is 5.02 Å². The molecular weight excluding hydrogens is 421 g/mol. The molecule has 148 valence electrons. The van der Waals surface area contributed by atoms with E-state index in [0.29, 0.717) is 33.8 Å². The minimum Gasteiger partial charge on any atom is -0.588 e. The highest BCUT2D eigenvalue weighted by atomic mass is 35.5. The lowest BCUT2D eigenvalue weighted by Gasteiger charge is -2.21. The first kappa shape index (κ1) is 20.2. The molecule has 0 aromatic heterocycles. The maximum Gasteiger partial charge on any atom is 0.245 e. The van der Waals surface area contributed by atoms with Crippen LogP contribution in [0, 0.1) is 17.7 Å². The van der Waals surface area contributed by atoms with Crippen LogP contribution >= 0.6 is 11.6 Å². The third-order valence-electron chi connectivity index (χ3n) is 4.48. The molecule has 0 saturated heterocycles. The summed E-state index contributed by atoms with van der Waals surface area (Å²) in [7, 11) is 0. The Balaban J connectivity index is 1.59. The molecule has 1 unspecified atom stereocenters. The number of hydrogen-bond donors (Lipinski definition) is 1. The molecule has 3 nitrogen and oxygen atoms in total. The first-order valence-electron chi connectivity index (χ1n) is 9.07. The zero-order valence-electron chi connectivity index (χ0n) is 15.6. The Kier molecular flexibility index (Phi) is 5.91. The van der Waals surface area contributed by atoms with Crippen molar-refractivity contribution in [1.82, 2.24) is 0 Å². The van der Waals surface area contributed by atoms with Gasteiger partial charge >= 0.3 is 0 Å². The zero-order valence-corrected chi connectivity index (χ0v) is 17.2. The van der Waals surface area contributed by atoms with Crippen molar-refractivity contribution in [1.29, 1.82) is 0 Å². The molecule has 0 amide bonds. The number of Topliss-reactive ketones (excluding diaryl/α,β-unsaturated/α-hetero) is 1. The van der Waals surface area contributed by atoms with Crippen molar-refractivity contribution in [2.45, 2.75) is 6.42 Å². The van der Waals surface area contributed by atoms with Crippen molar-refractivity contribution < 1.29 is 13.7 Å². The van der Waals surface area contributed by atoms with E-state index >= 15 is 0 Å². The van der Waals surface area contributed by atoms with Gasteiger partial charge in [-0.05, 0) is 53.6 Å². The van der Waals surface area contributed by atoms with Gasteiger partial charge in [0.1, 0.15) is 17.2 Å². The van der Waals surface area contributed by atoms with E-state index in [1.165, 1.54) is 12.1 Å². The number of ketones is 1. The number of nitrogens with one attached hydrogen (secondary N) is 1. The summed E-state index contributed by atoms with van der Waals surface area (Å²) in [5.74, 6) is 5.46. The lowest BCUT2D eigenvalue weighted by molar-refractivity contribution is 0.104. The van der Waals surface area contributed by atoms with Gasteiger partial charge in [-0.3, -0.25) is 4.79 Å². The summed E-state index contributed by atoms with van der Waals surface area (Å²) in [6, 6.07) is 18.3. The number of carbonyl (C=O) groups excluding carboxylic acids is 1. The minimum absolute atomic E-state index is 0.154. The summed E-state index contributed by atoms with van der Waals surface area (Å²) in [5, 5.41) is 0.533. The molecule has 1 heterocycles. The van der Waals surface area contributed by atoms with Crippen molar-refractivity contribution in [2.75, 3.05) is 4.72 Å². The van der Waals surface area contributed by atoms with Crippen LogP contribution in [0.25, 0.3) is 6.08 Å². The molecule has 1 N–H and O–H groups in total. The summed E-state index contributed by atoms with van der Waals surface area (Å²) in [4.78, 5) is 13.1. The van der Waals surface area contributed by atoms with E-state index < -0.39 is 11.4 Å². The zero-order chi connectivity index (χ0) is 21.1. The predicted octanol–water partition coefficient (Wildman–Crippen LogP) is 5.39. The number of halogens is 2. The van der Waals surface area contributed by atoms with Gasteiger partial charge in [-0.2, -0.15) is 0 Å². The van der Waals surface area contributed by atoms with Crippen LogP contribution in [0.15, 0.2) is 71.6 Å². The molecule has 4 rings (SSSR count). The second-order valence-corrected chi connectivity index (χ2v) is 8.25. The largest absolute Gasteiger partial charge is 0.588 e. The van der Waals surface area contributed by atoms with E-state index in [1.807, 2.05) is 0 Å². The molecule has 0 fully saturated rings. The predicted molar refractivity (Wildman–Crippen MR) is 119 cm³/mol. The second kappa shape index (κ2) is 8.76. The minimum atomic E-state index is -1.66. The molecule has 1 aliphatic heterocycles. The SMILES string of the molecule is O=C1/C(=C\c2cccc(Cl)c2)[S+]([O-])Nc2ccc(C#CCc3ccc(F)cc3)cc21. The molecule has 1 atom stereocenters. The molecule has 0 spiro atoms. The van der Waals surface area contributed by atoms with Crippen LogP contribution in [0.5, 0.6) is 0 Å². The smallest absolute Gasteiger partial charge is 0.245 e. The van der Waals surface area contributed by atoms with Crippen molar-refractivity contribution in [2.24, 2.45) is 0 Å². The lowest BCUT2D eigenvalue weighted by Crippen LogP contribution is -2.27. The number of rotatable bonds is 2. The van der Waals surface area contributed by atoms with Gasteiger partial charge in [-0.25, -0.2) is 9.11 Å². The van der Waals surface area contributed by atoms with E-state index in [9.17, 15) is 13.7 Å². The maximum atomic E-state index is 13.0. The van der Waals surface area contributed by atoms with Gasteiger partial charge in [0, 0.05) is 23.1 Å². The van der Waals surface area contributed by atoms with E-state index in [1.54, 1.807) is 60.7 Å². The van der Waals surface area contributed by atoms with Crippen molar-refractivity contribution in [3.63, 3.8) is 0 Å². The van der Waals surface area contributed by atoms with Crippen LogP contribution in [-0.4, -0.2) is 10.3 Å². The standard InChI is InChI=1S/C24H15ClFNO2S/c25-19-6-2-5-18(13-19)15-23-24(28)21-14-17(9-12-22(21)27-30(23)29)4-1-3-16-7-10-20(26)11-8-16/h2,5-15,27H,3H2/b23-15+. The Morgan fingerprint density at radius 2 is 1.90 bits per heavy atom. The number of allylic oxidation sites excluding steroid dienone is 1. The second-order valence-electron chi connectivity index (χ2n) is 6.63. The van der Waals surface area contributed by atoms with E-state index in [4.69, 9.17) is 11.6 Å². The molecule has 0 radical (unpaired) electrons. The highest BCUT2D eigenvalue weighted by Gasteiger charge is 2.33. The number of fused-ring (bicyclic) bond motifs is 1. The fourth-order valence-corrected chi connectivity index (χ4v) is 4.20. The first-order valence-corrected chi connectivity index (χ1v) is 10.6. The summed E-state index contributed by atoms with van der Waals surface area (Å²) < 4.78 is 28.4. The average molecular weight is 436 g/mol. The maximum absolute atomic E-state index is 13.0. The number of hydrogen-bond acceptors (Lipinski definition) is 3. The van der Waals surface area contributed by atoms with Crippen molar-refractivity contribution in [3.8, 4) is 11.8 Å². The molecule has 3 aromatic rings. The molecule has 30 heavy (non-hydrogen) atoms. The summed E-state index contributed by atoms with van der Waals surface area (Å²) in [6.45, 7) is 0. The van der Waals surface area contributed by atoms with Gasteiger partial charge in [-0.1, -0.05) is 47.7 Å². The summed E-state index contributed by atoms with van der Waals surface area (Å²) in [6.07, 6.45) is 2.04. The van der Waals surface area contributed by atoms with Crippen LogP contribution in [0.4, 0.5) is 10.1 Å². The monoisotopic (exact) mass is 435 g/mol. The van der Waals surface area contributed by atoms with Gasteiger partial charge in [0.2, 0.25) is 10.7 Å². The van der Waals surface area contributed by atoms with Gasteiger partial charge in [0.25, 0.3) is 0 Å². The van der Waals surface area contributed by atoms with Crippen molar-refractivity contribution >= 4 is 40.5 Å². The highest BCUT2D eigenvalue weighted by Crippen LogP contribution is 2.31. The van der Waals surface area contributed by atoms with Crippen LogP contribution in [0.1, 0.15) is 27.0 Å². The quantitative estimate of drug-likeness (QED) is 0.334. The normalized spacial score (nSPS) is 16.4. The topological polar surface area (TPSA) is 52.2 Å². The number of anilines is 1. The van der Waals surface area contributed by atoms with Crippen LogP contribution in [0.3, 0.4) is 0 Å². The van der Waals surface area contributed by atoms with Crippen molar-refractivity contribution in [3.05, 3.63) is 105 Å². The Morgan fingerprint density at radius 1 is 1.10 bits per heavy atom. The van der Waals surface area contributed by atoms with E-state index in [2.05, 4.69) is 16.6 Å². The molecule has 0 aliphatic carbocycles. The van der Waals surface area contributed by atoms with Gasteiger partial charge in [-0.15, -0.1) is 0 Å². The third-order valence-corrected chi connectivity index (χ3v) is 5.82. The Morgan fingerprint density at radius 3 is 2.67 bits per heavy atom. The fraction of sp³-hybridized carbons (Fsp3) is 0.0417. The Labute approximate surface area is 181 Å². The summed E-state index contributed by atoms with van der Waals surface area (Å²) in [5.41, 5.74) is 3.18. The van der Waals surface area contributed by atoms with Gasteiger partial charge in [0.05, 0.1) is 11.3 Å². The van der Waals surface area contributed by atoms with Crippen LogP contribution in [-0.2, 0) is 17.8 Å². The fourth-order valence-electron chi connectivity index (χ4n) is 2.99. The molecule has 6 heteroatoms. The highest BCUT2D eigenvalue weighted by molar-refractivity contribution is 7.97. The van der Waals surface area contributed by atoms with Gasteiger partial charge in [0.15, 0.2) is 0 Å². The molecule has 3 aromatic carbocycles. The van der Waals surface area contributed by atoms with E-state index in [0.717, 1.165) is 5.56 Å². The third kappa shape index (κ3) is 4.58. The molecule has 1 aliphatic rings. The molecular formula is C24H15ClFNO2S. The Bertz CT molecular complexity index is 1210. The summed E-state index contributed by atoms with van der Waals surface area (Å²) >= 11 is 4.33. The molecule has 0 saturated carbocycles. The first-order chi connectivity index (χ1) is 14.5. The number of carbonyl (C=O) groups is 1. The molecule has 0 bridgehead atoms. The van der Waals surface area contributed by atoms with Crippen LogP contribution < -0.4 is 4.72 Å². The number of benzene rings is 3. The Hall–Kier alpha value is -3.04. The van der Waals surface area contributed by atoms with E-state index in [-0.39, 0.29) is 16.5 Å².